The maximum atomic E-state index is 6.13. The van der Waals surface area contributed by atoms with E-state index in [-0.39, 0.29) is 6.04 Å². The SMILES string of the molecule is CCCNC(C)c1cc(Cl)ccc1OCC(CC)CC. The van der Waals surface area contributed by atoms with Crippen molar-refractivity contribution in [3.05, 3.63) is 28.8 Å². The highest BCUT2D eigenvalue weighted by Crippen LogP contribution is 2.29. The Hall–Kier alpha value is -0.730. The Balaban J connectivity index is 2.78. The second kappa shape index (κ2) is 9.25. The van der Waals surface area contributed by atoms with E-state index >= 15 is 0 Å². The van der Waals surface area contributed by atoms with Gasteiger partial charge in [-0.05, 0) is 44.0 Å². The van der Waals surface area contributed by atoms with E-state index in [1.54, 1.807) is 0 Å². The molecule has 0 bridgehead atoms. The summed E-state index contributed by atoms with van der Waals surface area (Å²) in [5.41, 5.74) is 1.15. The van der Waals surface area contributed by atoms with Gasteiger partial charge in [0.15, 0.2) is 0 Å². The third-order valence-corrected chi connectivity index (χ3v) is 4.00. The van der Waals surface area contributed by atoms with E-state index in [2.05, 4.69) is 33.0 Å². The Bertz CT molecular complexity index is 391. The highest BCUT2D eigenvalue weighted by Gasteiger charge is 2.13. The molecule has 0 aliphatic carbocycles. The van der Waals surface area contributed by atoms with Crippen LogP contribution in [0.5, 0.6) is 5.75 Å². The molecule has 0 radical (unpaired) electrons. The molecule has 1 atom stereocenters. The topological polar surface area (TPSA) is 21.3 Å². The average Bonchev–Trinajstić information content (AvgIpc) is 2.47. The van der Waals surface area contributed by atoms with Crippen molar-refractivity contribution in [2.45, 2.75) is 53.0 Å². The van der Waals surface area contributed by atoms with Crippen molar-refractivity contribution in [2.75, 3.05) is 13.2 Å². The van der Waals surface area contributed by atoms with Crippen LogP contribution in [0.4, 0.5) is 0 Å². The second-order valence-electron chi connectivity index (χ2n) is 5.35. The minimum atomic E-state index is 0.255. The van der Waals surface area contributed by atoms with Gasteiger partial charge in [-0.15, -0.1) is 0 Å². The maximum absolute atomic E-state index is 6.13. The molecule has 1 aromatic rings. The van der Waals surface area contributed by atoms with Crippen molar-refractivity contribution in [1.82, 2.24) is 5.32 Å². The predicted molar refractivity (Wildman–Crippen MR) is 87.7 cm³/mol. The molecule has 0 aliphatic rings. The second-order valence-corrected chi connectivity index (χ2v) is 5.79. The molecular formula is C17H28ClNO. The molecule has 0 saturated heterocycles. The van der Waals surface area contributed by atoms with E-state index < -0.39 is 0 Å². The molecule has 1 N–H and O–H groups in total. The zero-order valence-corrected chi connectivity index (χ0v) is 14.0. The molecule has 2 nitrogen and oxygen atoms in total. The molecule has 0 amide bonds. The van der Waals surface area contributed by atoms with Gasteiger partial charge in [-0.1, -0.05) is 45.2 Å². The Morgan fingerprint density at radius 1 is 1.20 bits per heavy atom. The molecule has 0 spiro atoms. The molecule has 20 heavy (non-hydrogen) atoms. The van der Waals surface area contributed by atoms with Crippen molar-refractivity contribution >= 4 is 11.6 Å². The molecule has 0 saturated carbocycles. The van der Waals surface area contributed by atoms with Crippen LogP contribution < -0.4 is 10.1 Å². The minimum absolute atomic E-state index is 0.255. The van der Waals surface area contributed by atoms with Crippen LogP contribution >= 0.6 is 11.6 Å². The summed E-state index contributed by atoms with van der Waals surface area (Å²) in [7, 11) is 0. The van der Waals surface area contributed by atoms with Crippen LogP contribution in [-0.2, 0) is 0 Å². The summed E-state index contributed by atoms with van der Waals surface area (Å²) < 4.78 is 6.04. The molecule has 3 heteroatoms. The number of hydrogen-bond acceptors (Lipinski definition) is 2. The van der Waals surface area contributed by atoms with Crippen molar-refractivity contribution in [3.63, 3.8) is 0 Å². The van der Waals surface area contributed by atoms with Gasteiger partial charge in [0, 0.05) is 16.6 Å². The van der Waals surface area contributed by atoms with Crippen LogP contribution in [-0.4, -0.2) is 13.2 Å². The van der Waals surface area contributed by atoms with Gasteiger partial charge in [0.25, 0.3) is 0 Å². The largest absolute Gasteiger partial charge is 0.493 e. The molecule has 0 fully saturated rings. The summed E-state index contributed by atoms with van der Waals surface area (Å²) in [6.45, 7) is 10.5. The first-order valence-corrected chi connectivity index (χ1v) is 8.15. The summed E-state index contributed by atoms with van der Waals surface area (Å²) >= 11 is 6.13. The smallest absolute Gasteiger partial charge is 0.124 e. The number of hydrogen-bond donors (Lipinski definition) is 1. The predicted octanol–water partition coefficient (Wildman–Crippen LogP) is 5.22. The first-order chi connectivity index (χ1) is 9.62. The van der Waals surface area contributed by atoms with Gasteiger partial charge in [0.1, 0.15) is 5.75 Å². The van der Waals surface area contributed by atoms with E-state index in [0.717, 1.165) is 48.7 Å². The fourth-order valence-corrected chi connectivity index (χ4v) is 2.37. The maximum Gasteiger partial charge on any atom is 0.124 e. The fourth-order valence-electron chi connectivity index (χ4n) is 2.19. The zero-order chi connectivity index (χ0) is 15.0. The quantitative estimate of drug-likeness (QED) is 0.675. The molecule has 0 heterocycles. The summed E-state index contributed by atoms with van der Waals surface area (Å²) in [6, 6.07) is 6.16. The van der Waals surface area contributed by atoms with Gasteiger partial charge < -0.3 is 10.1 Å². The van der Waals surface area contributed by atoms with Gasteiger partial charge in [-0.2, -0.15) is 0 Å². The number of nitrogens with one attached hydrogen (secondary N) is 1. The Kier molecular flexibility index (Phi) is 8.01. The van der Waals surface area contributed by atoms with E-state index in [4.69, 9.17) is 16.3 Å². The number of ether oxygens (including phenoxy) is 1. The Labute approximate surface area is 128 Å². The average molecular weight is 298 g/mol. The van der Waals surface area contributed by atoms with Crippen LogP contribution in [0.3, 0.4) is 0 Å². The minimum Gasteiger partial charge on any atom is -0.493 e. The van der Waals surface area contributed by atoms with E-state index in [1.165, 1.54) is 0 Å². The van der Waals surface area contributed by atoms with Crippen LogP contribution in [0.15, 0.2) is 18.2 Å². The first-order valence-electron chi connectivity index (χ1n) is 7.77. The standard InChI is InChI=1S/C17H28ClNO/c1-5-10-19-13(4)16-11-15(18)8-9-17(16)20-12-14(6-2)7-3/h8-9,11,13-14,19H,5-7,10,12H2,1-4H3. The van der Waals surface area contributed by atoms with Gasteiger partial charge in [0.05, 0.1) is 6.61 Å². The summed E-state index contributed by atoms with van der Waals surface area (Å²) in [4.78, 5) is 0. The molecule has 1 aromatic carbocycles. The van der Waals surface area contributed by atoms with Crippen LogP contribution in [0.2, 0.25) is 5.02 Å². The molecular weight excluding hydrogens is 270 g/mol. The van der Waals surface area contributed by atoms with Crippen molar-refractivity contribution in [2.24, 2.45) is 5.92 Å². The zero-order valence-electron chi connectivity index (χ0n) is 13.2. The lowest BCUT2D eigenvalue weighted by Gasteiger charge is -2.20. The highest BCUT2D eigenvalue weighted by molar-refractivity contribution is 6.30. The van der Waals surface area contributed by atoms with Crippen LogP contribution in [0.1, 0.15) is 58.6 Å². The normalized spacial score (nSPS) is 12.7. The molecule has 1 unspecified atom stereocenters. The molecule has 0 aromatic heterocycles. The van der Waals surface area contributed by atoms with Crippen molar-refractivity contribution in [1.29, 1.82) is 0 Å². The van der Waals surface area contributed by atoms with Gasteiger partial charge in [0.2, 0.25) is 0 Å². The lowest BCUT2D eigenvalue weighted by Crippen LogP contribution is -2.20. The number of halogens is 1. The third-order valence-electron chi connectivity index (χ3n) is 3.77. The van der Waals surface area contributed by atoms with Crippen molar-refractivity contribution in [3.8, 4) is 5.75 Å². The lowest BCUT2D eigenvalue weighted by atomic mass is 10.0. The van der Waals surface area contributed by atoms with E-state index in [9.17, 15) is 0 Å². The monoisotopic (exact) mass is 297 g/mol. The Morgan fingerprint density at radius 2 is 1.90 bits per heavy atom. The van der Waals surface area contributed by atoms with Crippen molar-refractivity contribution < 1.29 is 4.74 Å². The summed E-state index contributed by atoms with van der Waals surface area (Å²) in [5, 5.41) is 4.26. The summed E-state index contributed by atoms with van der Waals surface area (Å²) in [6.07, 6.45) is 3.43. The van der Waals surface area contributed by atoms with Crippen LogP contribution in [0.25, 0.3) is 0 Å². The number of rotatable bonds is 9. The summed E-state index contributed by atoms with van der Waals surface area (Å²) in [5.74, 6) is 1.58. The fraction of sp³-hybridized carbons (Fsp3) is 0.647. The van der Waals surface area contributed by atoms with Gasteiger partial charge in [-0.25, -0.2) is 0 Å². The van der Waals surface area contributed by atoms with Gasteiger partial charge in [-0.3, -0.25) is 0 Å². The molecule has 114 valence electrons. The highest BCUT2D eigenvalue weighted by atomic mass is 35.5. The van der Waals surface area contributed by atoms with Gasteiger partial charge >= 0.3 is 0 Å². The Morgan fingerprint density at radius 3 is 2.50 bits per heavy atom. The molecule has 1 rings (SSSR count). The van der Waals surface area contributed by atoms with E-state index in [1.807, 2.05) is 18.2 Å². The number of benzene rings is 1. The first kappa shape index (κ1) is 17.3. The van der Waals surface area contributed by atoms with Crippen LogP contribution in [0, 0.1) is 5.92 Å². The molecule has 0 aliphatic heterocycles. The third kappa shape index (κ3) is 5.34. The van der Waals surface area contributed by atoms with E-state index in [0.29, 0.717) is 5.92 Å². The lowest BCUT2D eigenvalue weighted by molar-refractivity contribution is 0.237.